The van der Waals surface area contributed by atoms with Crippen LogP contribution in [-0.2, 0) is 16.0 Å². The van der Waals surface area contributed by atoms with Crippen molar-refractivity contribution < 1.29 is 14.7 Å². The quantitative estimate of drug-likeness (QED) is 0.197. The van der Waals surface area contributed by atoms with Gasteiger partial charge in [-0.3, -0.25) is 9.59 Å². The molecule has 174 valence electrons. The van der Waals surface area contributed by atoms with Crippen LogP contribution in [0, 0.1) is 0 Å². The average Bonchev–Trinajstić information content (AvgIpc) is 2.75. The number of nitrogens with one attached hydrogen (secondary N) is 1. The lowest BCUT2D eigenvalue weighted by Crippen LogP contribution is -2.11. The zero-order valence-corrected chi connectivity index (χ0v) is 19.5. The van der Waals surface area contributed by atoms with Crippen LogP contribution in [-0.4, -0.2) is 17.0 Å². The molecule has 0 aliphatic rings. The molecule has 0 fully saturated rings. The number of rotatable bonds is 17. The number of benzene rings is 1. The molecule has 0 atom stereocenters. The van der Waals surface area contributed by atoms with Crippen molar-refractivity contribution >= 4 is 17.6 Å². The first-order valence-corrected chi connectivity index (χ1v) is 11.8. The predicted octanol–water partition coefficient (Wildman–Crippen LogP) is 7.40. The van der Waals surface area contributed by atoms with Gasteiger partial charge in [-0.05, 0) is 62.6 Å². The highest BCUT2D eigenvalue weighted by Crippen LogP contribution is 2.12. The molecule has 0 heterocycles. The molecule has 4 nitrogen and oxygen atoms in total. The maximum absolute atomic E-state index is 12.0. The van der Waals surface area contributed by atoms with Gasteiger partial charge in [0.1, 0.15) is 0 Å². The van der Waals surface area contributed by atoms with Gasteiger partial charge in [0.05, 0.1) is 6.42 Å². The number of unbranched alkanes of at least 4 members (excludes halogenated alkanes) is 4. The highest BCUT2D eigenvalue weighted by atomic mass is 16.4. The van der Waals surface area contributed by atoms with E-state index in [0.717, 1.165) is 32.1 Å². The van der Waals surface area contributed by atoms with Crippen LogP contribution in [0.3, 0.4) is 0 Å². The van der Waals surface area contributed by atoms with E-state index < -0.39 is 5.97 Å². The van der Waals surface area contributed by atoms with Gasteiger partial charge in [-0.2, -0.15) is 0 Å². The lowest BCUT2D eigenvalue weighted by Gasteiger charge is -2.06. The first kappa shape index (κ1) is 27.2. The molecule has 1 amide bonds. The van der Waals surface area contributed by atoms with Crippen molar-refractivity contribution in [1.82, 2.24) is 0 Å². The van der Waals surface area contributed by atoms with E-state index >= 15 is 0 Å². The van der Waals surface area contributed by atoms with E-state index in [1.54, 1.807) is 24.3 Å². The normalized spacial score (nSPS) is 11.9. The highest BCUT2D eigenvalue weighted by Gasteiger charge is 2.04. The number of allylic oxidation sites excluding steroid dienone is 8. The van der Waals surface area contributed by atoms with Crippen molar-refractivity contribution in [3.05, 3.63) is 78.4 Å². The number of hydrogen-bond acceptors (Lipinski definition) is 2. The fourth-order valence-corrected chi connectivity index (χ4v) is 3.10. The molecule has 1 aromatic carbocycles. The van der Waals surface area contributed by atoms with E-state index in [-0.39, 0.29) is 12.3 Å². The van der Waals surface area contributed by atoms with Crippen LogP contribution in [0.25, 0.3) is 0 Å². The number of aliphatic carboxylic acids is 1. The molecule has 32 heavy (non-hydrogen) atoms. The summed E-state index contributed by atoms with van der Waals surface area (Å²) >= 11 is 0. The maximum atomic E-state index is 12.0. The Labute approximate surface area is 193 Å². The monoisotopic (exact) mass is 437 g/mol. The van der Waals surface area contributed by atoms with Crippen molar-refractivity contribution in [3.63, 3.8) is 0 Å². The van der Waals surface area contributed by atoms with Crippen molar-refractivity contribution in [2.75, 3.05) is 5.32 Å². The molecular weight excluding hydrogens is 398 g/mol. The van der Waals surface area contributed by atoms with Gasteiger partial charge in [0.15, 0.2) is 0 Å². The van der Waals surface area contributed by atoms with Crippen molar-refractivity contribution in [2.45, 2.75) is 77.6 Å². The maximum Gasteiger partial charge on any atom is 0.307 e. The summed E-state index contributed by atoms with van der Waals surface area (Å²) in [5.74, 6) is -0.930. The molecule has 0 unspecified atom stereocenters. The second-order valence-corrected chi connectivity index (χ2v) is 7.80. The Morgan fingerprint density at radius 2 is 1.44 bits per heavy atom. The van der Waals surface area contributed by atoms with E-state index in [0.29, 0.717) is 17.7 Å². The summed E-state index contributed by atoms with van der Waals surface area (Å²) in [4.78, 5) is 22.8. The van der Waals surface area contributed by atoms with Crippen LogP contribution < -0.4 is 5.32 Å². The van der Waals surface area contributed by atoms with E-state index in [1.165, 1.54) is 25.7 Å². The van der Waals surface area contributed by atoms with Crippen LogP contribution in [0.2, 0.25) is 0 Å². The van der Waals surface area contributed by atoms with E-state index in [4.69, 9.17) is 5.11 Å². The summed E-state index contributed by atoms with van der Waals surface area (Å²) in [6.07, 6.45) is 27.6. The van der Waals surface area contributed by atoms with Gasteiger partial charge in [-0.15, -0.1) is 0 Å². The van der Waals surface area contributed by atoms with Crippen LogP contribution in [0.15, 0.2) is 72.9 Å². The Balaban J connectivity index is 2.07. The topological polar surface area (TPSA) is 66.4 Å². The van der Waals surface area contributed by atoms with Crippen molar-refractivity contribution in [2.24, 2.45) is 0 Å². The summed E-state index contributed by atoms with van der Waals surface area (Å²) in [5, 5.41) is 11.7. The number of carboxylic acid groups (broad SMARTS) is 1. The Morgan fingerprint density at radius 1 is 0.844 bits per heavy atom. The molecule has 0 saturated heterocycles. The zero-order valence-electron chi connectivity index (χ0n) is 19.5. The smallest absolute Gasteiger partial charge is 0.307 e. The van der Waals surface area contributed by atoms with Crippen LogP contribution in [0.1, 0.15) is 76.7 Å². The van der Waals surface area contributed by atoms with Gasteiger partial charge >= 0.3 is 5.97 Å². The zero-order chi connectivity index (χ0) is 23.3. The first-order chi connectivity index (χ1) is 15.6. The number of carbonyl (C=O) groups excluding carboxylic acids is 1. The molecule has 0 aliphatic carbocycles. The summed E-state index contributed by atoms with van der Waals surface area (Å²) in [7, 11) is 0. The van der Waals surface area contributed by atoms with E-state index in [1.807, 2.05) is 0 Å². The van der Waals surface area contributed by atoms with Gasteiger partial charge in [-0.25, -0.2) is 0 Å². The van der Waals surface area contributed by atoms with Gasteiger partial charge < -0.3 is 10.4 Å². The molecule has 2 N–H and O–H groups in total. The third-order valence-electron chi connectivity index (χ3n) is 4.80. The Kier molecular flexibility index (Phi) is 16.0. The highest BCUT2D eigenvalue weighted by molar-refractivity contribution is 5.90. The second-order valence-electron chi connectivity index (χ2n) is 7.80. The Hall–Kier alpha value is -2.88. The fourth-order valence-electron chi connectivity index (χ4n) is 3.10. The third-order valence-corrected chi connectivity index (χ3v) is 4.80. The third kappa shape index (κ3) is 15.9. The lowest BCUT2D eigenvalue weighted by atomic mass is 10.1. The largest absolute Gasteiger partial charge is 0.481 e. The number of anilines is 1. The fraction of sp³-hybridized carbons (Fsp3) is 0.429. The molecule has 0 aliphatic heterocycles. The molecule has 0 bridgehead atoms. The Morgan fingerprint density at radius 3 is 2.03 bits per heavy atom. The van der Waals surface area contributed by atoms with E-state index in [2.05, 4.69) is 60.8 Å². The molecule has 1 rings (SSSR count). The SMILES string of the molecule is CCCCC/C=C/C/C=C/C/C=C/C/C=C/CCCC(=O)Nc1cccc(CC(=O)O)c1. The van der Waals surface area contributed by atoms with Gasteiger partial charge in [0.25, 0.3) is 0 Å². The standard InChI is InChI=1S/C28H39NO3/c1-2-3-4-5-6-7-8-9-10-11-12-13-14-15-16-17-18-22-27(30)29-26-21-19-20-25(23-26)24-28(31)32/h6-7,9-10,12-13,15-16,19-21,23H,2-5,8,11,14,17-18,22,24H2,1H3,(H,29,30)(H,31,32)/b7-6+,10-9+,13-12+,16-15+. The molecule has 0 spiro atoms. The minimum atomic E-state index is -0.882. The van der Waals surface area contributed by atoms with Crippen molar-refractivity contribution in [3.8, 4) is 0 Å². The minimum Gasteiger partial charge on any atom is -0.481 e. The molecule has 0 saturated carbocycles. The lowest BCUT2D eigenvalue weighted by molar-refractivity contribution is -0.136. The van der Waals surface area contributed by atoms with Gasteiger partial charge in [0, 0.05) is 12.1 Å². The van der Waals surface area contributed by atoms with Crippen molar-refractivity contribution in [1.29, 1.82) is 0 Å². The minimum absolute atomic E-state index is 0.0459. The molecule has 1 aromatic rings. The summed E-state index contributed by atoms with van der Waals surface area (Å²) in [6, 6.07) is 6.98. The summed E-state index contributed by atoms with van der Waals surface area (Å²) in [6.45, 7) is 2.23. The average molecular weight is 438 g/mol. The van der Waals surface area contributed by atoms with Gasteiger partial charge in [-0.1, -0.05) is 80.5 Å². The number of carboxylic acids is 1. The first-order valence-electron chi connectivity index (χ1n) is 11.8. The molecular formula is C28H39NO3. The number of amides is 1. The second kappa shape index (κ2) is 18.9. The predicted molar refractivity (Wildman–Crippen MR) is 135 cm³/mol. The summed E-state index contributed by atoms with van der Waals surface area (Å²) in [5.41, 5.74) is 1.32. The van der Waals surface area contributed by atoms with Gasteiger partial charge in [0.2, 0.25) is 5.91 Å². The molecule has 4 heteroatoms. The Bertz CT molecular complexity index is 775. The summed E-state index contributed by atoms with van der Waals surface area (Å²) < 4.78 is 0. The van der Waals surface area contributed by atoms with Crippen LogP contribution in [0.5, 0.6) is 0 Å². The molecule has 0 aromatic heterocycles. The van der Waals surface area contributed by atoms with Crippen LogP contribution >= 0.6 is 0 Å². The number of hydrogen-bond donors (Lipinski definition) is 2. The molecule has 0 radical (unpaired) electrons. The van der Waals surface area contributed by atoms with E-state index in [9.17, 15) is 9.59 Å². The number of carbonyl (C=O) groups is 2. The van der Waals surface area contributed by atoms with Crippen LogP contribution in [0.4, 0.5) is 5.69 Å².